The van der Waals surface area contributed by atoms with Crippen LogP contribution in [0.25, 0.3) is 10.9 Å². The molecule has 1 heterocycles. The Labute approximate surface area is 124 Å². The summed E-state index contributed by atoms with van der Waals surface area (Å²) in [7, 11) is 0. The number of fused-ring (bicyclic) bond motifs is 1. The van der Waals surface area contributed by atoms with Crippen LogP contribution in [-0.2, 0) is 13.1 Å². The molecule has 0 bridgehead atoms. The van der Waals surface area contributed by atoms with Crippen molar-refractivity contribution in [2.45, 2.75) is 13.1 Å². The van der Waals surface area contributed by atoms with Crippen LogP contribution in [0.15, 0.2) is 60.8 Å². The van der Waals surface area contributed by atoms with Crippen molar-refractivity contribution in [3.8, 4) is 6.07 Å². The molecule has 21 heavy (non-hydrogen) atoms. The van der Waals surface area contributed by atoms with Crippen molar-refractivity contribution >= 4 is 10.9 Å². The van der Waals surface area contributed by atoms with Gasteiger partial charge in [0.25, 0.3) is 0 Å². The Balaban J connectivity index is 1.63. The first-order valence-electron chi connectivity index (χ1n) is 7.11. The normalized spacial score (nSPS) is 10.6. The van der Waals surface area contributed by atoms with Gasteiger partial charge >= 0.3 is 0 Å². The second kappa shape index (κ2) is 6.25. The number of aromatic nitrogens is 1. The van der Waals surface area contributed by atoms with E-state index in [1.807, 2.05) is 24.3 Å². The molecule has 0 fully saturated rings. The molecule has 1 aromatic heterocycles. The fourth-order valence-corrected chi connectivity index (χ4v) is 2.54. The van der Waals surface area contributed by atoms with E-state index in [1.165, 1.54) is 5.56 Å². The van der Waals surface area contributed by atoms with Crippen LogP contribution in [0, 0.1) is 11.3 Å². The Morgan fingerprint density at radius 1 is 1.00 bits per heavy atom. The maximum atomic E-state index is 9.11. The second-order valence-corrected chi connectivity index (χ2v) is 5.02. The Kier molecular flexibility index (Phi) is 3.99. The zero-order valence-electron chi connectivity index (χ0n) is 11.8. The van der Waals surface area contributed by atoms with Crippen molar-refractivity contribution in [2.24, 2.45) is 0 Å². The molecule has 0 aliphatic rings. The highest BCUT2D eigenvalue weighted by Gasteiger charge is 2.04. The van der Waals surface area contributed by atoms with E-state index in [2.05, 4.69) is 52.5 Å². The quantitative estimate of drug-likeness (QED) is 0.726. The molecule has 0 radical (unpaired) electrons. The first kappa shape index (κ1) is 13.4. The van der Waals surface area contributed by atoms with E-state index in [0.29, 0.717) is 0 Å². The molecule has 3 heteroatoms. The fraction of sp³-hybridized carbons (Fsp3) is 0.167. The smallest absolute Gasteiger partial charge is 0.0998 e. The summed E-state index contributed by atoms with van der Waals surface area (Å²) in [6.45, 7) is 2.67. The summed E-state index contributed by atoms with van der Waals surface area (Å²) in [4.78, 5) is 0. The lowest BCUT2D eigenvalue weighted by Gasteiger charge is -2.07. The summed E-state index contributed by atoms with van der Waals surface area (Å²) in [5.74, 6) is 0. The minimum absolute atomic E-state index is 0.739. The molecule has 1 N–H and O–H groups in total. The third-order valence-electron chi connectivity index (χ3n) is 3.64. The van der Waals surface area contributed by atoms with Gasteiger partial charge in [0.2, 0.25) is 0 Å². The predicted octanol–water partition coefficient (Wildman–Crippen LogP) is 3.30. The minimum Gasteiger partial charge on any atom is -0.346 e. The van der Waals surface area contributed by atoms with Gasteiger partial charge in [-0.1, -0.05) is 36.4 Å². The number of hydrogen-bond acceptors (Lipinski definition) is 2. The Hall–Kier alpha value is -2.57. The highest BCUT2D eigenvalue weighted by Crippen LogP contribution is 2.19. The predicted molar refractivity (Wildman–Crippen MR) is 84.8 cm³/mol. The molecule has 3 rings (SSSR count). The largest absolute Gasteiger partial charge is 0.346 e. The van der Waals surface area contributed by atoms with Crippen molar-refractivity contribution in [2.75, 3.05) is 6.54 Å². The molecule has 0 atom stereocenters. The van der Waals surface area contributed by atoms with E-state index >= 15 is 0 Å². The summed E-state index contributed by atoms with van der Waals surface area (Å²) in [6, 6.07) is 20.5. The average molecular weight is 275 g/mol. The van der Waals surface area contributed by atoms with E-state index in [9.17, 15) is 0 Å². The third kappa shape index (κ3) is 2.96. The lowest BCUT2D eigenvalue weighted by Crippen LogP contribution is -2.19. The summed E-state index contributed by atoms with van der Waals surface area (Å²) < 4.78 is 2.19. The molecule has 0 unspecified atom stereocenters. The van der Waals surface area contributed by atoms with Crippen molar-refractivity contribution in [1.82, 2.24) is 9.88 Å². The van der Waals surface area contributed by atoms with Gasteiger partial charge in [-0.3, -0.25) is 0 Å². The molecule has 0 saturated carbocycles. The van der Waals surface area contributed by atoms with Crippen LogP contribution in [0.3, 0.4) is 0 Å². The maximum Gasteiger partial charge on any atom is 0.0998 e. The van der Waals surface area contributed by atoms with E-state index in [0.717, 1.165) is 36.1 Å². The van der Waals surface area contributed by atoms with Gasteiger partial charge in [0.1, 0.15) is 0 Å². The highest BCUT2D eigenvalue weighted by atomic mass is 15.0. The topological polar surface area (TPSA) is 40.8 Å². The molecule has 0 amide bonds. The molecule has 3 nitrogen and oxygen atoms in total. The number of nitrogens with one attached hydrogen (secondary N) is 1. The number of hydrogen-bond donors (Lipinski definition) is 1. The van der Waals surface area contributed by atoms with Gasteiger partial charge in [-0.15, -0.1) is 0 Å². The fourth-order valence-electron chi connectivity index (χ4n) is 2.54. The molecule has 0 aliphatic heterocycles. The standard InChI is InChI=1S/C18H17N3/c19-13-16-7-4-8-18-17(16)9-11-21(18)12-10-20-14-15-5-2-1-3-6-15/h1-9,11,20H,10,12,14H2. The summed E-state index contributed by atoms with van der Waals surface area (Å²) in [5.41, 5.74) is 3.15. The molecular formula is C18H17N3. The summed E-state index contributed by atoms with van der Waals surface area (Å²) in [6.07, 6.45) is 2.05. The molecule has 3 aromatic rings. The van der Waals surface area contributed by atoms with Crippen molar-refractivity contribution in [1.29, 1.82) is 5.26 Å². The molecule has 0 saturated heterocycles. The number of nitrogens with zero attached hydrogens (tertiary/aromatic N) is 2. The Morgan fingerprint density at radius 2 is 1.86 bits per heavy atom. The van der Waals surface area contributed by atoms with Crippen LogP contribution >= 0.6 is 0 Å². The molecular weight excluding hydrogens is 258 g/mol. The van der Waals surface area contributed by atoms with Crippen LogP contribution in [0.4, 0.5) is 0 Å². The zero-order chi connectivity index (χ0) is 14.5. The second-order valence-electron chi connectivity index (χ2n) is 5.02. The van der Waals surface area contributed by atoms with E-state index in [1.54, 1.807) is 0 Å². The van der Waals surface area contributed by atoms with E-state index < -0.39 is 0 Å². The van der Waals surface area contributed by atoms with Crippen molar-refractivity contribution in [3.63, 3.8) is 0 Å². The van der Waals surface area contributed by atoms with Crippen LogP contribution in [-0.4, -0.2) is 11.1 Å². The lowest BCUT2D eigenvalue weighted by molar-refractivity contribution is 0.609. The van der Waals surface area contributed by atoms with E-state index in [4.69, 9.17) is 5.26 Å². The van der Waals surface area contributed by atoms with Gasteiger partial charge in [0.15, 0.2) is 0 Å². The average Bonchev–Trinajstić information content (AvgIpc) is 2.96. The van der Waals surface area contributed by atoms with Gasteiger partial charge in [0.05, 0.1) is 11.6 Å². The van der Waals surface area contributed by atoms with Gasteiger partial charge in [-0.05, 0) is 23.8 Å². The lowest BCUT2D eigenvalue weighted by atomic mass is 10.1. The van der Waals surface area contributed by atoms with Crippen LogP contribution < -0.4 is 5.32 Å². The van der Waals surface area contributed by atoms with Crippen LogP contribution in [0.1, 0.15) is 11.1 Å². The summed E-state index contributed by atoms with van der Waals surface area (Å²) >= 11 is 0. The van der Waals surface area contributed by atoms with Gasteiger partial charge in [-0.25, -0.2) is 0 Å². The maximum absolute atomic E-state index is 9.11. The molecule has 104 valence electrons. The van der Waals surface area contributed by atoms with Gasteiger partial charge in [0, 0.05) is 36.7 Å². The van der Waals surface area contributed by atoms with Crippen molar-refractivity contribution in [3.05, 3.63) is 71.9 Å². The monoisotopic (exact) mass is 275 g/mol. The van der Waals surface area contributed by atoms with Gasteiger partial charge < -0.3 is 9.88 Å². The molecule has 0 spiro atoms. The van der Waals surface area contributed by atoms with Crippen molar-refractivity contribution < 1.29 is 0 Å². The van der Waals surface area contributed by atoms with Crippen LogP contribution in [0.5, 0.6) is 0 Å². The zero-order valence-corrected chi connectivity index (χ0v) is 11.8. The first-order valence-corrected chi connectivity index (χ1v) is 7.11. The summed E-state index contributed by atoms with van der Waals surface area (Å²) in [5, 5.41) is 13.6. The number of rotatable bonds is 5. The number of benzene rings is 2. The van der Waals surface area contributed by atoms with Gasteiger partial charge in [-0.2, -0.15) is 5.26 Å². The minimum atomic E-state index is 0.739. The Bertz CT molecular complexity index is 766. The number of nitriles is 1. The van der Waals surface area contributed by atoms with Crippen LogP contribution in [0.2, 0.25) is 0 Å². The highest BCUT2D eigenvalue weighted by molar-refractivity contribution is 5.85. The first-order chi connectivity index (χ1) is 10.4. The SMILES string of the molecule is N#Cc1cccc2c1ccn2CCNCc1ccccc1. The molecule has 0 aliphatic carbocycles. The third-order valence-corrected chi connectivity index (χ3v) is 3.64. The Morgan fingerprint density at radius 3 is 2.67 bits per heavy atom. The van der Waals surface area contributed by atoms with E-state index in [-0.39, 0.29) is 0 Å². The molecule has 2 aromatic carbocycles.